The van der Waals surface area contributed by atoms with Gasteiger partial charge in [-0.3, -0.25) is 9.69 Å². The molecule has 1 amide bonds. The molecule has 2 saturated heterocycles. The van der Waals surface area contributed by atoms with Gasteiger partial charge in [-0.1, -0.05) is 6.07 Å². The SMILES string of the molecule is Cc1cc(C)cc(OCCN(C)CC(=O)N(CC2CCCO2)C2CCS(=O)(=O)C2)c1. The van der Waals surface area contributed by atoms with Crippen molar-refractivity contribution < 1.29 is 22.7 Å². The second kappa shape index (κ2) is 10.1. The molecule has 0 bridgehead atoms. The minimum atomic E-state index is -3.06. The van der Waals surface area contributed by atoms with Crippen LogP contribution in [0.3, 0.4) is 0 Å². The Morgan fingerprint density at radius 2 is 1.93 bits per heavy atom. The first-order chi connectivity index (χ1) is 14.2. The smallest absolute Gasteiger partial charge is 0.237 e. The van der Waals surface area contributed by atoms with Crippen molar-refractivity contribution in [3.63, 3.8) is 0 Å². The highest BCUT2D eigenvalue weighted by Crippen LogP contribution is 2.22. The standard InChI is InChI=1S/C22H34N2O5S/c1-17-11-18(2)13-21(12-17)29-9-7-23(3)15-22(25)24(14-20-5-4-8-28-20)19-6-10-30(26,27)16-19/h11-13,19-20H,4-10,14-16H2,1-3H3. The number of amides is 1. The Labute approximate surface area is 180 Å². The molecule has 2 unspecified atom stereocenters. The molecule has 30 heavy (non-hydrogen) atoms. The van der Waals surface area contributed by atoms with Gasteiger partial charge in [0.15, 0.2) is 9.84 Å². The number of likely N-dealkylation sites (N-methyl/N-ethyl adjacent to an activating group) is 1. The molecule has 2 heterocycles. The van der Waals surface area contributed by atoms with E-state index in [4.69, 9.17) is 9.47 Å². The van der Waals surface area contributed by atoms with Crippen LogP contribution in [0.15, 0.2) is 18.2 Å². The van der Waals surface area contributed by atoms with Crippen LogP contribution in [0.4, 0.5) is 0 Å². The molecule has 8 heteroatoms. The number of nitrogens with zero attached hydrogens (tertiary/aromatic N) is 2. The lowest BCUT2D eigenvalue weighted by molar-refractivity contribution is -0.135. The quantitative estimate of drug-likeness (QED) is 0.585. The number of rotatable bonds is 9. The summed E-state index contributed by atoms with van der Waals surface area (Å²) in [7, 11) is -1.17. The number of sulfone groups is 1. The van der Waals surface area contributed by atoms with E-state index in [-0.39, 0.29) is 36.1 Å². The molecule has 0 aliphatic carbocycles. The summed E-state index contributed by atoms with van der Waals surface area (Å²) in [4.78, 5) is 16.7. The third-order valence-corrected chi connectivity index (χ3v) is 7.49. The number of hydrogen-bond acceptors (Lipinski definition) is 6. The van der Waals surface area contributed by atoms with Crippen molar-refractivity contribution in [1.82, 2.24) is 9.80 Å². The zero-order chi connectivity index (χ0) is 21.7. The fraction of sp³-hybridized carbons (Fsp3) is 0.682. The maximum atomic E-state index is 13.1. The summed E-state index contributed by atoms with van der Waals surface area (Å²) < 4.78 is 35.5. The van der Waals surface area contributed by atoms with E-state index in [1.54, 1.807) is 4.90 Å². The zero-order valence-corrected chi connectivity index (χ0v) is 19.1. The predicted molar refractivity (Wildman–Crippen MR) is 117 cm³/mol. The van der Waals surface area contributed by atoms with Gasteiger partial charge in [0.05, 0.1) is 24.2 Å². The predicted octanol–water partition coefficient (Wildman–Crippen LogP) is 1.81. The summed E-state index contributed by atoms with van der Waals surface area (Å²) >= 11 is 0. The van der Waals surface area contributed by atoms with Crippen molar-refractivity contribution >= 4 is 15.7 Å². The number of carbonyl (C=O) groups excluding carboxylic acids is 1. The highest BCUT2D eigenvalue weighted by molar-refractivity contribution is 7.91. The Hall–Kier alpha value is -1.64. The van der Waals surface area contributed by atoms with Crippen molar-refractivity contribution in [1.29, 1.82) is 0 Å². The first kappa shape index (κ1) is 23.0. The molecule has 0 saturated carbocycles. The molecule has 2 aliphatic rings. The van der Waals surface area contributed by atoms with Crippen LogP contribution in [0.5, 0.6) is 5.75 Å². The van der Waals surface area contributed by atoms with Crippen LogP contribution in [0, 0.1) is 13.8 Å². The summed E-state index contributed by atoms with van der Waals surface area (Å²) in [6, 6.07) is 5.86. The fourth-order valence-corrected chi connectivity index (χ4v) is 5.95. The molecule has 1 aromatic carbocycles. The first-order valence-electron chi connectivity index (χ1n) is 10.7. The van der Waals surface area contributed by atoms with Crippen molar-refractivity contribution in [2.45, 2.75) is 45.3 Å². The average Bonchev–Trinajstić information content (AvgIpc) is 3.27. The van der Waals surface area contributed by atoms with Gasteiger partial charge < -0.3 is 14.4 Å². The van der Waals surface area contributed by atoms with Gasteiger partial charge in [-0.2, -0.15) is 0 Å². The summed E-state index contributed by atoms with van der Waals surface area (Å²) in [6.07, 6.45) is 2.43. The highest BCUT2D eigenvalue weighted by atomic mass is 32.2. The Morgan fingerprint density at radius 3 is 2.53 bits per heavy atom. The highest BCUT2D eigenvalue weighted by Gasteiger charge is 2.36. The molecule has 0 spiro atoms. The van der Waals surface area contributed by atoms with Crippen LogP contribution in [0.2, 0.25) is 0 Å². The van der Waals surface area contributed by atoms with E-state index >= 15 is 0 Å². The van der Waals surface area contributed by atoms with Crippen LogP contribution in [0.1, 0.15) is 30.4 Å². The molecule has 3 rings (SSSR count). The molecule has 0 radical (unpaired) electrons. The zero-order valence-electron chi connectivity index (χ0n) is 18.3. The van der Waals surface area contributed by atoms with E-state index in [9.17, 15) is 13.2 Å². The molecule has 2 atom stereocenters. The summed E-state index contributed by atoms with van der Waals surface area (Å²) in [6.45, 7) is 6.59. The second-order valence-electron chi connectivity index (χ2n) is 8.65. The topological polar surface area (TPSA) is 76.2 Å². The monoisotopic (exact) mass is 438 g/mol. The van der Waals surface area contributed by atoms with E-state index in [1.165, 1.54) is 0 Å². The molecular weight excluding hydrogens is 404 g/mol. The van der Waals surface area contributed by atoms with Crippen LogP contribution in [-0.2, 0) is 19.4 Å². The molecule has 0 N–H and O–H groups in total. The van der Waals surface area contributed by atoms with Gasteiger partial charge >= 0.3 is 0 Å². The second-order valence-corrected chi connectivity index (χ2v) is 10.9. The molecule has 1 aromatic rings. The molecular formula is C22H34N2O5S. The molecule has 0 aromatic heterocycles. The van der Waals surface area contributed by atoms with E-state index in [0.717, 1.165) is 29.7 Å². The van der Waals surface area contributed by atoms with Crippen LogP contribution in [0.25, 0.3) is 0 Å². The molecule has 2 aliphatic heterocycles. The lowest BCUT2D eigenvalue weighted by Crippen LogP contribution is -2.49. The summed E-state index contributed by atoms with van der Waals surface area (Å²) in [5.74, 6) is 1.02. The fourth-order valence-electron chi connectivity index (χ4n) is 4.22. The molecule has 2 fully saturated rings. The van der Waals surface area contributed by atoms with Gasteiger partial charge in [0.1, 0.15) is 12.4 Å². The van der Waals surface area contributed by atoms with E-state index < -0.39 is 9.84 Å². The number of benzene rings is 1. The Bertz CT molecular complexity index is 816. The normalized spacial score (nSPS) is 23.1. The minimum absolute atomic E-state index is 0.00968. The summed E-state index contributed by atoms with van der Waals surface area (Å²) in [5, 5.41) is 0. The van der Waals surface area contributed by atoms with Gasteiger partial charge in [-0.25, -0.2) is 8.42 Å². The maximum absolute atomic E-state index is 13.1. The lowest BCUT2D eigenvalue weighted by atomic mass is 10.1. The van der Waals surface area contributed by atoms with E-state index in [2.05, 4.69) is 6.07 Å². The van der Waals surface area contributed by atoms with Gasteiger partial charge in [0.2, 0.25) is 5.91 Å². The van der Waals surface area contributed by atoms with Gasteiger partial charge in [0.25, 0.3) is 0 Å². The third-order valence-electron chi connectivity index (χ3n) is 5.74. The largest absolute Gasteiger partial charge is 0.492 e. The lowest BCUT2D eigenvalue weighted by Gasteiger charge is -2.32. The van der Waals surface area contributed by atoms with Crippen LogP contribution in [-0.4, -0.2) is 87.7 Å². The van der Waals surface area contributed by atoms with Crippen molar-refractivity contribution in [2.24, 2.45) is 0 Å². The Balaban J connectivity index is 1.53. The van der Waals surface area contributed by atoms with Crippen LogP contribution >= 0.6 is 0 Å². The number of carbonyl (C=O) groups is 1. The van der Waals surface area contributed by atoms with Gasteiger partial charge in [-0.05, 0) is 63.4 Å². The number of aryl methyl sites for hydroxylation is 2. The van der Waals surface area contributed by atoms with Gasteiger partial charge in [-0.15, -0.1) is 0 Å². The Morgan fingerprint density at radius 1 is 1.20 bits per heavy atom. The van der Waals surface area contributed by atoms with E-state index in [0.29, 0.717) is 32.7 Å². The van der Waals surface area contributed by atoms with E-state index in [1.807, 2.05) is 37.9 Å². The van der Waals surface area contributed by atoms with Gasteiger partial charge in [0, 0.05) is 25.7 Å². The number of hydrogen-bond donors (Lipinski definition) is 0. The average molecular weight is 439 g/mol. The Kier molecular flexibility index (Phi) is 7.76. The van der Waals surface area contributed by atoms with Crippen molar-refractivity contribution in [2.75, 3.05) is 51.4 Å². The number of ether oxygens (including phenoxy) is 2. The molecule has 7 nitrogen and oxygen atoms in total. The third kappa shape index (κ3) is 6.68. The van der Waals surface area contributed by atoms with Crippen molar-refractivity contribution in [3.05, 3.63) is 29.3 Å². The maximum Gasteiger partial charge on any atom is 0.237 e. The first-order valence-corrected chi connectivity index (χ1v) is 12.5. The van der Waals surface area contributed by atoms with Crippen molar-refractivity contribution in [3.8, 4) is 5.75 Å². The minimum Gasteiger partial charge on any atom is -0.492 e. The summed E-state index contributed by atoms with van der Waals surface area (Å²) in [5.41, 5.74) is 2.31. The molecule has 168 valence electrons. The van der Waals surface area contributed by atoms with Crippen LogP contribution < -0.4 is 4.74 Å².